The number of hydrogen-bond donors (Lipinski definition) is 0. The van der Waals surface area contributed by atoms with Gasteiger partial charge in [0, 0.05) is 38.5 Å². The first-order valence-electron chi connectivity index (χ1n) is 9.96. The predicted molar refractivity (Wildman–Crippen MR) is 110 cm³/mol. The molecule has 8 heteroatoms. The van der Waals surface area contributed by atoms with Crippen molar-refractivity contribution in [2.75, 3.05) is 45.9 Å². The predicted octanol–water partition coefficient (Wildman–Crippen LogP) is 2.75. The first-order chi connectivity index (χ1) is 14.5. The average Bonchev–Trinajstić information content (AvgIpc) is 2.78. The van der Waals surface area contributed by atoms with Crippen molar-refractivity contribution in [1.29, 1.82) is 0 Å². The van der Waals surface area contributed by atoms with Crippen molar-refractivity contribution in [2.45, 2.75) is 24.5 Å². The largest absolute Gasteiger partial charge is 0.481 e. The van der Waals surface area contributed by atoms with Crippen LogP contribution in [0.5, 0.6) is 11.8 Å². The number of aromatic nitrogens is 1. The number of carbonyl (C=O) groups excluding carboxylic acids is 1. The fourth-order valence-corrected chi connectivity index (χ4v) is 4.59. The third-order valence-corrected chi connectivity index (χ3v) is 6.27. The van der Waals surface area contributed by atoms with Crippen LogP contribution in [0.1, 0.15) is 23.2 Å². The molecule has 2 saturated heterocycles. The Bertz CT molecular complexity index is 930. The second-order valence-corrected chi connectivity index (χ2v) is 7.62. The van der Waals surface area contributed by atoms with Crippen molar-refractivity contribution in [3.05, 3.63) is 47.8 Å². The van der Waals surface area contributed by atoms with Crippen molar-refractivity contribution in [2.24, 2.45) is 0 Å². The zero-order valence-electron chi connectivity index (χ0n) is 17.4. The van der Waals surface area contributed by atoms with E-state index in [1.54, 1.807) is 31.4 Å². The second kappa shape index (κ2) is 8.10. The summed E-state index contributed by atoms with van der Waals surface area (Å²) in [6, 6.07) is 9.97. The number of methoxy groups -OCH3 is 3. The standard InChI is InChI=1S/C22H26FN3O4/c1-28-18-14-26(16-6-4-5-15(23)13-16)22(18)9-11-25(12-10-22)21(27)17-7-8-19(29-2)24-20(17)30-3/h4-8,13,18H,9-12,14H2,1-3H3. The second-order valence-electron chi connectivity index (χ2n) is 7.62. The molecule has 1 spiro atoms. The Hall–Kier alpha value is -2.87. The number of carbonyl (C=O) groups is 1. The van der Waals surface area contributed by atoms with E-state index in [-0.39, 0.29) is 29.2 Å². The highest BCUT2D eigenvalue weighted by Gasteiger charge is 2.55. The number of halogens is 1. The molecule has 30 heavy (non-hydrogen) atoms. The van der Waals surface area contributed by atoms with E-state index >= 15 is 0 Å². The number of benzene rings is 1. The smallest absolute Gasteiger partial charge is 0.259 e. The number of pyridine rings is 1. The maximum Gasteiger partial charge on any atom is 0.259 e. The zero-order valence-corrected chi connectivity index (χ0v) is 17.4. The molecule has 1 atom stereocenters. The quantitative estimate of drug-likeness (QED) is 0.748. The first kappa shape index (κ1) is 20.4. The summed E-state index contributed by atoms with van der Waals surface area (Å²) in [6.45, 7) is 1.85. The van der Waals surface area contributed by atoms with Crippen LogP contribution in [-0.4, -0.2) is 68.4 Å². The van der Waals surface area contributed by atoms with Crippen LogP contribution >= 0.6 is 0 Å². The lowest BCUT2D eigenvalue weighted by Crippen LogP contribution is -2.74. The van der Waals surface area contributed by atoms with Gasteiger partial charge in [0.2, 0.25) is 11.8 Å². The van der Waals surface area contributed by atoms with Gasteiger partial charge in [0.1, 0.15) is 11.4 Å². The number of rotatable bonds is 5. The molecule has 0 N–H and O–H groups in total. The molecule has 2 fully saturated rings. The highest BCUT2D eigenvalue weighted by atomic mass is 19.1. The fraction of sp³-hybridized carbons (Fsp3) is 0.455. The van der Waals surface area contributed by atoms with Gasteiger partial charge in [0.25, 0.3) is 5.91 Å². The van der Waals surface area contributed by atoms with Crippen LogP contribution < -0.4 is 14.4 Å². The average molecular weight is 415 g/mol. The molecule has 0 aliphatic carbocycles. The summed E-state index contributed by atoms with van der Waals surface area (Å²) in [6.07, 6.45) is 1.52. The number of likely N-dealkylation sites (tertiary alicyclic amines) is 1. The van der Waals surface area contributed by atoms with E-state index < -0.39 is 0 Å². The Morgan fingerprint density at radius 2 is 1.90 bits per heavy atom. The normalized spacial score (nSPS) is 20.1. The summed E-state index contributed by atoms with van der Waals surface area (Å²) in [5.74, 6) is 0.265. The van der Waals surface area contributed by atoms with Crippen LogP contribution in [0.15, 0.2) is 36.4 Å². The molecule has 1 aromatic carbocycles. The van der Waals surface area contributed by atoms with E-state index in [1.165, 1.54) is 20.3 Å². The highest BCUT2D eigenvalue weighted by Crippen LogP contribution is 2.45. The molecular formula is C22H26FN3O4. The van der Waals surface area contributed by atoms with Crippen LogP contribution in [-0.2, 0) is 4.74 Å². The Labute approximate surface area is 175 Å². The van der Waals surface area contributed by atoms with Crippen molar-refractivity contribution in [3.63, 3.8) is 0 Å². The minimum atomic E-state index is -0.254. The Morgan fingerprint density at radius 3 is 2.53 bits per heavy atom. The summed E-state index contributed by atoms with van der Waals surface area (Å²) < 4.78 is 29.9. The monoisotopic (exact) mass is 415 g/mol. The van der Waals surface area contributed by atoms with Gasteiger partial charge in [-0.1, -0.05) is 6.07 Å². The SMILES string of the molecule is COc1ccc(C(=O)N2CCC3(CC2)C(OC)CN3c2cccc(F)c2)c(OC)n1. The number of ether oxygens (including phenoxy) is 3. The van der Waals surface area contributed by atoms with Crippen molar-refractivity contribution >= 4 is 11.6 Å². The Balaban J connectivity index is 1.51. The molecule has 1 aromatic heterocycles. The summed E-state index contributed by atoms with van der Waals surface area (Å²) in [4.78, 5) is 21.3. The van der Waals surface area contributed by atoms with Gasteiger partial charge in [-0.15, -0.1) is 0 Å². The molecular weight excluding hydrogens is 389 g/mol. The molecule has 0 bridgehead atoms. The zero-order chi connectivity index (χ0) is 21.3. The maximum atomic E-state index is 13.8. The van der Waals surface area contributed by atoms with E-state index in [1.807, 2.05) is 11.0 Å². The summed E-state index contributed by atoms with van der Waals surface area (Å²) in [5, 5.41) is 0. The summed E-state index contributed by atoms with van der Waals surface area (Å²) in [5.41, 5.74) is 1.03. The minimum absolute atomic E-state index is 0.0511. The van der Waals surface area contributed by atoms with E-state index in [0.717, 1.165) is 18.5 Å². The number of amides is 1. The lowest BCUT2D eigenvalue weighted by atomic mass is 9.73. The van der Waals surface area contributed by atoms with E-state index in [0.29, 0.717) is 31.1 Å². The number of anilines is 1. The molecule has 2 aromatic rings. The number of hydrogen-bond acceptors (Lipinski definition) is 6. The van der Waals surface area contributed by atoms with Gasteiger partial charge in [-0.3, -0.25) is 4.79 Å². The lowest BCUT2D eigenvalue weighted by molar-refractivity contribution is -0.0433. The van der Waals surface area contributed by atoms with Gasteiger partial charge in [-0.2, -0.15) is 4.98 Å². The molecule has 7 nitrogen and oxygen atoms in total. The molecule has 0 radical (unpaired) electrons. The van der Waals surface area contributed by atoms with Crippen molar-refractivity contribution in [3.8, 4) is 11.8 Å². The third kappa shape index (κ3) is 3.35. The molecule has 0 saturated carbocycles. The molecule has 2 aliphatic rings. The lowest BCUT2D eigenvalue weighted by Gasteiger charge is -2.61. The highest BCUT2D eigenvalue weighted by molar-refractivity contribution is 5.96. The third-order valence-electron chi connectivity index (χ3n) is 6.27. The molecule has 1 amide bonds. The molecule has 4 rings (SSSR count). The molecule has 2 aliphatic heterocycles. The topological polar surface area (TPSA) is 64.1 Å². The molecule has 160 valence electrons. The van der Waals surface area contributed by atoms with E-state index in [2.05, 4.69) is 9.88 Å². The number of piperidine rings is 1. The van der Waals surface area contributed by atoms with Crippen LogP contribution in [0.2, 0.25) is 0 Å². The Kier molecular flexibility index (Phi) is 5.51. The fourth-order valence-electron chi connectivity index (χ4n) is 4.59. The summed E-state index contributed by atoms with van der Waals surface area (Å²) in [7, 11) is 4.71. The van der Waals surface area contributed by atoms with Gasteiger partial charge in [0.05, 0.1) is 25.9 Å². The van der Waals surface area contributed by atoms with E-state index in [9.17, 15) is 9.18 Å². The van der Waals surface area contributed by atoms with Crippen molar-refractivity contribution in [1.82, 2.24) is 9.88 Å². The van der Waals surface area contributed by atoms with Crippen molar-refractivity contribution < 1.29 is 23.4 Å². The van der Waals surface area contributed by atoms with E-state index in [4.69, 9.17) is 14.2 Å². The van der Waals surface area contributed by atoms with Gasteiger partial charge < -0.3 is 24.0 Å². The minimum Gasteiger partial charge on any atom is -0.481 e. The Morgan fingerprint density at radius 1 is 1.13 bits per heavy atom. The number of nitrogens with zero attached hydrogens (tertiary/aromatic N) is 3. The molecule has 1 unspecified atom stereocenters. The van der Waals surface area contributed by atoms with Crippen LogP contribution in [0.25, 0.3) is 0 Å². The first-order valence-corrected chi connectivity index (χ1v) is 9.96. The van der Waals surface area contributed by atoms with Crippen LogP contribution in [0, 0.1) is 5.82 Å². The van der Waals surface area contributed by atoms with Gasteiger partial charge >= 0.3 is 0 Å². The van der Waals surface area contributed by atoms with Crippen LogP contribution in [0.3, 0.4) is 0 Å². The van der Waals surface area contributed by atoms with Gasteiger partial charge in [-0.05, 0) is 37.1 Å². The van der Waals surface area contributed by atoms with Crippen LogP contribution in [0.4, 0.5) is 10.1 Å². The molecule has 3 heterocycles. The summed E-state index contributed by atoms with van der Waals surface area (Å²) >= 11 is 0. The van der Waals surface area contributed by atoms with Gasteiger partial charge in [-0.25, -0.2) is 4.39 Å². The van der Waals surface area contributed by atoms with Gasteiger partial charge in [0.15, 0.2) is 0 Å². The maximum absolute atomic E-state index is 13.8.